The third kappa shape index (κ3) is 46.5. The fourth-order valence-electron chi connectivity index (χ4n) is 7.47. The van der Waals surface area contributed by atoms with Crippen LogP contribution >= 0.6 is 7.82 Å². The predicted octanol–water partition coefficient (Wildman–Crippen LogP) is 15.0. The maximum Gasteiger partial charge on any atom is 0.472 e. The Morgan fingerprint density at radius 3 is 1.38 bits per heavy atom. The van der Waals surface area contributed by atoms with Crippen LogP contribution in [0.25, 0.3) is 0 Å². The first kappa shape index (κ1) is 59.7. The summed E-state index contributed by atoms with van der Waals surface area (Å²) in [6.45, 7) is 4.73. The molecule has 9 heteroatoms. The van der Waals surface area contributed by atoms with Gasteiger partial charge < -0.3 is 19.8 Å². The van der Waals surface area contributed by atoms with Crippen molar-refractivity contribution < 1.29 is 32.9 Å². The average molecular weight is 882 g/mol. The molecule has 0 saturated heterocycles. The van der Waals surface area contributed by atoms with Gasteiger partial charge in [0.05, 0.1) is 39.9 Å². The molecule has 3 atom stereocenters. The number of phosphoric ester groups is 1. The number of rotatable bonds is 47. The Morgan fingerprint density at radius 2 is 0.934 bits per heavy atom. The van der Waals surface area contributed by atoms with Gasteiger partial charge in [-0.15, -0.1) is 0 Å². The lowest BCUT2D eigenvalue weighted by Gasteiger charge is -2.25. The van der Waals surface area contributed by atoms with Crippen LogP contribution in [0.5, 0.6) is 0 Å². The van der Waals surface area contributed by atoms with Crippen LogP contribution in [0.15, 0.2) is 36.5 Å². The number of carbonyl (C=O) groups is 1. The average Bonchev–Trinajstić information content (AvgIpc) is 3.21. The lowest BCUT2D eigenvalue weighted by atomic mass is 10.0. The van der Waals surface area contributed by atoms with Gasteiger partial charge in [0.25, 0.3) is 0 Å². The summed E-state index contributed by atoms with van der Waals surface area (Å²) in [6, 6.07) is -0.865. The molecule has 360 valence electrons. The first-order chi connectivity index (χ1) is 29.5. The minimum absolute atomic E-state index is 0.0545. The van der Waals surface area contributed by atoms with Crippen LogP contribution in [0, 0.1) is 0 Å². The summed E-state index contributed by atoms with van der Waals surface area (Å²) < 4.78 is 23.5. The van der Waals surface area contributed by atoms with Gasteiger partial charge >= 0.3 is 7.82 Å². The van der Waals surface area contributed by atoms with Gasteiger partial charge in [0.1, 0.15) is 13.2 Å². The zero-order valence-electron chi connectivity index (χ0n) is 40.9. The molecule has 3 N–H and O–H groups in total. The Labute approximate surface area is 378 Å². The highest BCUT2D eigenvalue weighted by Gasteiger charge is 2.27. The lowest BCUT2D eigenvalue weighted by Crippen LogP contribution is -2.45. The van der Waals surface area contributed by atoms with E-state index in [1.165, 1.54) is 154 Å². The fraction of sp³-hybridized carbons (Fsp3) is 0.865. The van der Waals surface area contributed by atoms with E-state index in [1.54, 1.807) is 6.08 Å². The van der Waals surface area contributed by atoms with E-state index in [9.17, 15) is 19.4 Å². The number of phosphoric acid groups is 1. The number of amides is 1. The van der Waals surface area contributed by atoms with Crippen molar-refractivity contribution in [3.05, 3.63) is 36.5 Å². The number of nitrogens with one attached hydrogen (secondary N) is 1. The second-order valence-corrected chi connectivity index (χ2v) is 20.3. The maximum absolute atomic E-state index is 12.8. The first-order valence-electron chi connectivity index (χ1n) is 25.9. The molecular formula is C52H102N2O6P+. The molecule has 0 aromatic carbocycles. The summed E-state index contributed by atoms with van der Waals surface area (Å²) >= 11 is 0. The van der Waals surface area contributed by atoms with E-state index in [2.05, 4.69) is 43.5 Å². The summed E-state index contributed by atoms with van der Waals surface area (Å²) in [5.74, 6) is -0.198. The van der Waals surface area contributed by atoms with E-state index in [-0.39, 0.29) is 19.1 Å². The summed E-state index contributed by atoms with van der Waals surface area (Å²) in [4.78, 5) is 23.1. The molecule has 0 aliphatic carbocycles. The molecule has 0 aromatic heterocycles. The molecule has 0 aliphatic rings. The van der Waals surface area contributed by atoms with Crippen molar-refractivity contribution in [2.75, 3.05) is 40.9 Å². The van der Waals surface area contributed by atoms with Gasteiger partial charge in [-0.25, -0.2) is 4.57 Å². The standard InChI is InChI=1S/C52H101N2O6P/c1-6-8-10-12-14-16-18-19-20-21-22-23-24-25-26-27-28-29-30-31-32-33-34-35-36-37-39-41-43-45-51(55)50(49-60-61(57,58)59-48-47-54(3,4)5)53-52(56)46-44-42-40-38-17-15-13-11-9-7-2/h11,13,36-37,43,45,50-51,55H,6-10,12,14-35,38-42,44,46-49H2,1-5H3,(H-,53,56,57,58)/p+1/b13-11-,37-36+,45-43+. The van der Waals surface area contributed by atoms with Gasteiger partial charge in [0.15, 0.2) is 0 Å². The number of nitrogens with zero attached hydrogens (tertiary/aromatic N) is 1. The van der Waals surface area contributed by atoms with Crippen LogP contribution in [0.3, 0.4) is 0 Å². The van der Waals surface area contributed by atoms with Crippen LogP contribution in [0.2, 0.25) is 0 Å². The van der Waals surface area contributed by atoms with Gasteiger partial charge in [0, 0.05) is 6.42 Å². The second kappa shape index (κ2) is 43.9. The highest BCUT2D eigenvalue weighted by atomic mass is 31.2. The van der Waals surface area contributed by atoms with Crippen molar-refractivity contribution in [1.29, 1.82) is 0 Å². The van der Waals surface area contributed by atoms with Crippen molar-refractivity contribution in [3.8, 4) is 0 Å². The van der Waals surface area contributed by atoms with Gasteiger partial charge in [-0.3, -0.25) is 13.8 Å². The third-order valence-corrected chi connectivity index (χ3v) is 12.5. The Morgan fingerprint density at radius 1 is 0.541 bits per heavy atom. The molecule has 0 spiro atoms. The van der Waals surface area contributed by atoms with E-state index in [1.807, 2.05) is 27.2 Å². The number of unbranched alkanes of at least 4 members (excludes halogenated alkanes) is 30. The summed E-state index contributed by atoms with van der Waals surface area (Å²) in [7, 11) is 1.55. The van der Waals surface area contributed by atoms with Crippen molar-refractivity contribution in [3.63, 3.8) is 0 Å². The zero-order valence-corrected chi connectivity index (χ0v) is 41.8. The summed E-state index contributed by atoms with van der Waals surface area (Å²) in [5, 5.41) is 13.8. The molecule has 8 nitrogen and oxygen atoms in total. The Hall–Kier alpha value is -1.28. The van der Waals surface area contributed by atoms with Crippen LogP contribution in [-0.2, 0) is 18.4 Å². The van der Waals surface area contributed by atoms with Gasteiger partial charge in [-0.1, -0.05) is 217 Å². The molecule has 1 amide bonds. The number of hydrogen-bond donors (Lipinski definition) is 3. The number of quaternary nitrogens is 1. The molecule has 0 bridgehead atoms. The number of hydrogen-bond acceptors (Lipinski definition) is 5. The Kier molecular flexibility index (Phi) is 43.0. The van der Waals surface area contributed by atoms with Crippen molar-refractivity contribution in [2.45, 2.75) is 251 Å². The number of aliphatic hydroxyl groups excluding tert-OH is 1. The van der Waals surface area contributed by atoms with Crippen LogP contribution in [0.4, 0.5) is 0 Å². The Balaban J connectivity index is 4.14. The minimum Gasteiger partial charge on any atom is -0.387 e. The number of carbonyl (C=O) groups excluding carboxylic acids is 1. The summed E-state index contributed by atoms with van der Waals surface area (Å²) in [6.07, 6.45) is 55.5. The molecule has 0 radical (unpaired) electrons. The lowest BCUT2D eigenvalue weighted by molar-refractivity contribution is -0.870. The smallest absolute Gasteiger partial charge is 0.387 e. The minimum atomic E-state index is -4.35. The monoisotopic (exact) mass is 882 g/mol. The molecular weight excluding hydrogens is 780 g/mol. The van der Waals surface area contributed by atoms with Gasteiger partial charge in [-0.2, -0.15) is 0 Å². The van der Waals surface area contributed by atoms with E-state index in [0.717, 1.165) is 64.2 Å². The fourth-order valence-corrected chi connectivity index (χ4v) is 8.21. The molecule has 0 saturated carbocycles. The molecule has 3 unspecified atom stereocenters. The highest BCUT2D eigenvalue weighted by molar-refractivity contribution is 7.47. The van der Waals surface area contributed by atoms with Gasteiger partial charge in [-0.05, 0) is 51.4 Å². The van der Waals surface area contributed by atoms with E-state index >= 15 is 0 Å². The van der Waals surface area contributed by atoms with Crippen LogP contribution < -0.4 is 5.32 Å². The second-order valence-electron chi connectivity index (χ2n) is 18.9. The normalized spacial score (nSPS) is 14.4. The topological polar surface area (TPSA) is 105 Å². The highest BCUT2D eigenvalue weighted by Crippen LogP contribution is 2.43. The van der Waals surface area contributed by atoms with E-state index in [0.29, 0.717) is 17.4 Å². The Bertz CT molecular complexity index is 1090. The largest absolute Gasteiger partial charge is 0.472 e. The molecule has 0 aromatic rings. The maximum atomic E-state index is 12.8. The molecule has 0 heterocycles. The number of allylic oxidation sites excluding steroid dienone is 5. The predicted molar refractivity (Wildman–Crippen MR) is 263 cm³/mol. The molecule has 0 rings (SSSR count). The van der Waals surface area contributed by atoms with Crippen molar-refractivity contribution >= 4 is 13.7 Å². The third-order valence-electron chi connectivity index (χ3n) is 11.6. The number of likely N-dealkylation sites (N-methyl/N-ethyl adjacent to an activating group) is 1. The summed E-state index contributed by atoms with van der Waals surface area (Å²) in [5.41, 5.74) is 0. The molecule has 0 fully saturated rings. The van der Waals surface area contributed by atoms with Crippen LogP contribution in [-0.4, -0.2) is 73.4 Å². The van der Waals surface area contributed by atoms with Crippen LogP contribution in [0.1, 0.15) is 239 Å². The SMILES string of the molecule is CCC/C=C\CCCCCCCC(=O)NC(COP(=O)(O)OCC[N+](C)(C)C)C(O)/C=C/CC/C=C/CCCCCCCCCCCCCCCCCCCCCCCCC. The zero-order chi connectivity index (χ0) is 45.0. The van der Waals surface area contributed by atoms with E-state index in [4.69, 9.17) is 9.05 Å². The molecule has 61 heavy (non-hydrogen) atoms. The van der Waals surface area contributed by atoms with E-state index < -0.39 is 20.0 Å². The van der Waals surface area contributed by atoms with Gasteiger partial charge in [0.2, 0.25) is 5.91 Å². The van der Waals surface area contributed by atoms with Crippen molar-refractivity contribution in [1.82, 2.24) is 5.32 Å². The quantitative estimate of drug-likeness (QED) is 0.0243. The number of aliphatic hydroxyl groups is 1. The van der Waals surface area contributed by atoms with Crippen molar-refractivity contribution in [2.24, 2.45) is 0 Å². The molecule has 0 aliphatic heterocycles. The first-order valence-corrected chi connectivity index (χ1v) is 27.4.